The average molecular weight is 615 g/mol. The predicted octanol–water partition coefficient (Wildman–Crippen LogP) is 4.94. The molecule has 2 saturated heterocycles. The molecule has 2 fully saturated rings. The number of likely N-dealkylation sites (tertiary alicyclic amines) is 1. The van der Waals surface area contributed by atoms with E-state index in [2.05, 4.69) is 32.0 Å². The molecule has 0 spiro atoms. The summed E-state index contributed by atoms with van der Waals surface area (Å²) in [6, 6.07) is 15.0. The molecule has 2 aliphatic rings. The van der Waals surface area contributed by atoms with E-state index in [0.717, 1.165) is 51.3 Å². The summed E-state index contributed by atoms with van der Waals surface area (Å²) >= 11 is 0. The Labute approximate surface area is 264 Å². The summed E-state index contributed by atoms with van der Waals surface area (Å²) in [5.74, 6) is -1.02. The zero-order chi connectivity index (χ0) is 31.6. The maximum Gasteiger partial charge on any atom is 0.416 e. The number of ether oxygens (including phenoxy) is 1. The number of aromatic nitrogens is 2. The van der Waals surface area contributed by atoms with E-state index in [4.69, 9.17) is 9.84 Å². The lowest BCUT2D eigenvalue weighted by molar-refractivity contribution is 0.0696. The van der Waals surface area contributed by atoms with E-state index in [1.165, 1.54) is 43.6 Å². The lowest BCUT2D eigenvalue weighted by atomic mass is 9.99. The third-order valence-corrected chi connectivity index (χ3v) is 8.62. The number of carbonyl (C=O) groups is 3. The Morgan fingerprint density at radius 1 is 0.911 bits per heavy atom. The molecule has 4 heterocycles. The van der Waals surface area contributed by atoms with Gasteiger partial charge in [-0.05, 0) is 81.1 Å². The van der Waals surface area contributed by atoms with Crippen LogP contribution >= 0.6 is 0 Å². The lowest BCUT2D eigenvalue weighted by Gasteiger charge is -2.35. The van der Waals surface area contributed by atoms with E-state index in [0.29, 0.717) is 30.4 Å². The number of carbonyl (C=O) groups excluding carboxylic acids is 2. The van der Waals surface area contributed by atoms with Crippen LogP contribution in [0.25, 0.3) is 0 Å². The molecule has 0 saturated carbocycles. The van der Waals surface area contributed by atoms with Crippen molar-refractivity contribution in [3.63, 3.8) is 0 Å². The van der Waals surface area contributed by atoms with Crippen LogP contribution in [0.3, 0.4) is 0 Å². The Morgan fingerprint density at radius 3 is 2.36 bits per heavy atom. The van der Waals surface area contributed by atoms with Gasteiger partial charge in [0, 0.05) is 62.3 Å². The summed E-state index contributed by atoms with van der Waals surface area (Å²) in [6.07, 6.45) is 9.05. The highest BCUT2D eigenvalue weighted by atomic mass is 16.6. The van der Waals surface area contributed by atoms with E-state index < -0.39 is 12.1 Å². The highest BCUT2D eigenvalue weighted by Crippen LogP contribution is 2.22. The maximum absolute atomic E-state index is 12.8. The highest BCUT2D eigenvalue weighted by Gasteiger charge is 2.23. The molecule has 1 aromatic carbocycles. The van der Waals surface area contributed by atoms with Crippen molar-refractivity contribution in [2.45, 2.75) is 58.0 Å². The number of nitrogens with one attached hydrogen (secondary N) is 1. The van der Waals surface area contributed by atoms with E-state index in [1.807, 2.05) is 24.3 Å². The number of carboxylic acids is 1. The summed E-state index contributed by atoms with van der Waals surface area (Å²) in [6.45, 7) is 7.72. The topological polar surface area (TPSA) is 128 Å². The minimum Gasteiger partial charge on any atom is -0.478 e. The van der Waals surface area contributed by atoms with Gasteiger partial charge in [-0.15, -0.1) is 0 Å². The van der Waals surface area contributed by atoms with Gasteiger partial charge in [-0.3, -0.25) is 19.6 Å². The van der Waals surface area contributed by atoms with Gasteiger partial charge in [-0.25, -0.2) is 14.6 Å². The van der Waals surface area contributed by atoms with Gasteiger partial charge in [0.15, 0.2) is 0 Å². The molecule has 1 unspecified atom stereocenters. The Morgan fingerprint density at radius 2 is 1.69 bits per heavy atom. The number of carboxylic acid groups (broad SMARTS) is 1. The number of piperazine rings is 1. The van der Waals surface area contributed by atoms with Crippen molar-refractivity contribution in [2.24, 2.45) is 0 Å². The maximum atomic E-state index is 12.8. The Hall–Kier alpha value is -4.35. The molecule has 0 radical (unpaired) electrons. The van der Waals surface area contributed by atoms with Crippen LogP contribution in [0, 0.1) is 0 Å². The summed E-state index contributed by atoms with van der Waals surface area (Å²) in [4.78, 5) is 51.4. The summed E-state index contributed by atoms with van der Waals surface area (Å²) < 4.78 is 5.48. The van der Waals surface area contributed by atoms with Crippen LogP contribution in [0.2, 0.25) is 0 Å². The average Bonchev–Trinajstić information content (AvgIpc) is 3.06. The first kappa shape index (κ1) is 32.1. The standard InChI is InChI=1S/C34H42N6O5/c1-2-30-7-3-4-17-40(30)24-25-8-10-26(11-9-25)32(41)37-29-14-15-31(36-23-29)45-34(44)39-20-18-38(19-21-39)16-5-6-28-13-12-27(22-35-28)33(42)43/h8-15,22-23,30H,2-7,16-21,24H2,1H3,(H,37,41)(H,42,43). The van der Waals surface area contributed by atoms with E-state index in [-0.39, 0.29) is 17.4 Å². The lowest BCUT2D eigenvalue weighted by Crippen LogP contribution is -2.49. The molecule has 2 amide bonds. The quantitative estimate of drug-likeness (QED) is 0.309. The molecule has 11 nitrogen and oxygen atoms in total. The number of aromatic carboxylic acids is 1. The monoisotopic (exact) mass is 614 g/mol. The van der Waals surface area contributed by atoms with Crippen LogP contribution in [-0.4, -0.2) is 93.1 Å². The van der Waals surface area contributed by atoms with Crippen molar-refractivity contribution in [3.8, 4) is 5.88 Å². The van der Waals surface area contributed by atoms with Crippen molar-refractivity contribution in [2.75, 3.05) is 44.6 Å². The number of amides is 2. The Bertz CT molecular complexity index is 1420. The van der Waals surface area contributed by atoms with Crippen LogP contribution in [-0.2, 0) is 13.0 Å². The molecule has 3 aromatic rings. The Kier molecular flexibility index (Phi) is 11.1. The van der Waals surface area contributed by atoms with Crippen LogP contribution in [0.4, 0.5) is 10.5 Å². The van der Waals surface area contributed by atoms with Crippen molar-refractivity contribution in [1.82, 2.24) is 24.7 Å². The molecule has 11 heteroatoms. The molecule has 5 rings (SSSR count). The zero-order valence-corrected chi connectivity index (χ0v) is 25.9. The van der Waals surface area contributed by atoms with Crippen LogP contribution < -0.4 is 10.1 Å². The molecule has 0 aliphatic carbocycles. The number of benzene rings is 1. The van der Waals surface area contributed by atoms with Gasteiger partial charge in [-0.1, -0.05) is 25.5 Å². The highest BCUT2D eigenvalue weighted by molar-refractivity contribution is 6.04. The van der Waals surface area contributed by atoms with Crippen LogP contribution in [0.1, 0.15) is 71.0 Å². The second-order valence-electron chi connectivity index (χ2n) is 11.7. The number of hydrogen-bond donors (Lipinski definition) is 2. The SMILES string of the molecule is CCC1CCCCN1Cc1ccc(C(=O)Nc2ccc(OC(=O)N3CCN(CCCc4ccc(C(=O)O)cn4)CC3)nc2)cc1. The van der Waals surface area contributed by atoms with E-state index in [9.17, 15) is 14.4 Å². The van der Waals surface area contributed by atoms with Crippen molar-refractivity contribution in [3.05, 3.63) is 83.3 Å². The van der Waals surface area contributed by atoms with E-state index in [1.54, 1.807) is 29.2 Å². The van der Waals surface area contributed by atoms with Crippen LogP contribution in [0.5, 0.6) is 5.88 Å². The number of rotatable bonds is 11. The fourth-order valence-electron chi connectivity index (χ4n) is 5.94. The third kappa shape index (κ3) is 9.09. The first-order chi connectivity index (χ1) is 21.9. The predicted molar refractivity (Wildman–Crippen MR) is 171 cm³/mol. The van der Waals surface area contributed by atoms with Crippen molar-refractivity contribution < 1.29 is 24.2 Å². The van der Waals surface area contributed by atoms with Gasteiger partial charge in [0.05, 0.1) is 17.4 Å². The fourth-order valence-corrected chi connectivity index (χ4v) is 5.94. The van der Waals surface area contributed by atoms with E-state index >= 15 is 0 Å². The molecule has 2 N–H and O–H groups in total. The first-order valence-electron chi connectivity index (χ1n) is 15.9. The number of hydrogen-bond acceptors (Lipinski definition) is 8. The normalized spacial score (nSPS) is 17.5. The van der Waals surface area contributed by atoms with Crippen molar-refractivity contribution in [1.29, 1.82) is 0 Å². The molecular weight excluding hydrogens is 572 g/mol. The molecule has 2 aliphatic heterocycles. The Balaban J connectivity index is 1.01. The van der Waals surface area contributed by atoms with Gasteiger partial charge in [0.25, 0.3) is 5.91 Å². The van der Waals surface area contributed by atoms with Gasteiger partial charge in [0.2, 0.25) is 5.88 Å². The van der Waals surface area contributed by atoms with Crippen molar-refractivity contribution >= 4 is 23.7 Å². The molecular formula is C34H42N6O5. The third-order valence-electron chi connectivity index (χ3n) is 8.62. The second-order valence-corrected chi connectivity index (χ2v) is 11.7. The summed E-state index contributed by atoms with van der Waals surface area (Å²) in [5, 5.41) is 11.9. The minimum atomic E-state index is -0.979. The van der Waals surface area contributed by atoms with Gasteiger partial charge >= 0.3 is 12.1 Å². The largest absolute Gasteiger partial charge is 0.478 e. The number of pyridine rings is 2. The van der Waals surface area contributed by atoms with Gasteiger partial charge in [0.1, 0.15) is 0 Å². The first-order valence-corrected chi connectivity index (χ1v) is 15.9. The number of anilines is 1. The molecule has 238 valence electrons. The smallest absolute Gasteiger partial charge is 0.416 e. The van der Waals surface area contributed by atoms with Gasteiger partial charge < -0.3 is 20.1 Å². The van der Waals surface area contributed by atoms with Crippen LogP contribution in [0.15, 0.2) is 60.9 Å². The second kappa shape index (κ2) is 15.6. The number of nitrogens with zero attached hydrogens (tertiary/aromatic N) is 5. The number of piperidine rings is 1. The van der Waals surface area contributed by atoms with Gasteiger partial charge in [-0.2, -0.15) is 0 Å². The minimum absolute atomic E-state index is 0.175. The zero-order valence-electron chi connectivity index (χ0n) is 25.9. The summed E-state index contributed by atoms with van der Waals surface area (Å²) in [5.41, 5.74) is 3.35. The molecule has 0 bridgehead atoms. The fraction of sp³-hybridized carbons (Fsp3) is 0.441. The number of aryl methyl sites for hydroxylation is 1. The molecule has 1 atom stereocenters. The summed E-state index contributed by atoms with van der Waals surface area (Å²) in [7, 11) is 0. The molecule has 2 aromatic heterocycles. The molecule has 45 heavy (non-hydrogen) atoms.